The number of sulfonamides is 1. The molecule has 0 saturated carbocycles. The van der Waals surface area contributed by atoms with E-state index in [1.54, 1.807) is 18.2 Å². The molecule has 170 valence electrons. The number of benzene rings is 2. The number of carbonyl (C=O) groups excluding carboxylic acids is 1. The van der Waals surface area contributed by atoms with Crippen LogP contribution in [0.15, 0.2) is 53.4 Å². The van der Waals surface area contributed by atoms with Crippen LogP contribution < -0.4 is 14.8 Å². The van der Waals surface area contributed by atoms with E-state index < -0.39 is 44.7 Å². The molecule has 0 aliphatic rings. The third-order valence-corrected chi connectivity index (χ3v) is 5.75. The summed E-state index contributed by atoms with van der Waals surface area (Å²) in [6, 6.07) is 9.41. The minimum Gasteiger partial charge on any atom is -0.491 e. The van der Waals surface area contributed by atoms with E-state index in [0.717, 1.165) is 23.8 Å². The standard InChI is InChI=1S/C20H23F3N2O5S/c1-13-6-5-7-16(10-13)30-12-15(26)11-24-19(27)14(2)25-31(28,29)18-9-4-3-8-17(18)20(21,22)23/h3-10,14-15,25-26H,11-12H2,1-2H3,(H,24,27)/t14-,15?/m0/s1. The SMILES string of the molecule is Cc1cccc(OCC(O)CNC(=O)[C@H](C)NS(=O)(=O)c2ccccc2C(F)(F)F)c1. The molecule has 0 heterocycles. The van der Waals surface area contributed by atoms with Gasteiger partial charge in [-0.1, -0.05) is 24.3 Å². The summed E-state index contributed by atoms with van der Waals surface area (Å²) >= 11 is 0. The van der Waals surface area contributed by atoms with Crippen LogP contribution in [0.3, 0.4) is 0 Å². The number of amides is 1. The molecule has 2 rings (SSSR count). The minimum absolute atomic E-state index is 0.122. The van der Waals surface area contributed by atoms with Crippen LogP contribution in [-0.4, -0.2) is 44.7 Å². The van der Waals surface area contributed by atoms with Gasteiger partial charge in [0.05, 0.1) is 16.5 Å². The summed E-state index contributed by atoms with van der Waals surface area (Å²) in [6.45, 7) is 2.69. The summed E-state index contributed by atoms with van der Waals surface area (Å²) in [5.74, 6) is -0.280. The summed E-state index contributed by atoms with van der Waals surface area (Å²) in [6.07, 6.45) is -5.96. The largest absolute Gasteiger partial charge is 0.491 e. The monoisotopic (exact) mass is 460 g/mol. The molecule has 0 bridgehead atoms. The molecule has 11 heteroatoms. The second kappa shape index (κ2) is 10.1. The van der Waals surface area contributed by atoms with Crippen LogP contribution in [0.5, 0.6) is 5.75 Å². The van der Waals surface area contributed by atoms with E-state index in [0.29, 0.717) is 11.8 Å². The first-order valence-electron chi connectivity index (χ1n) is 9.24. The van der Waals surface area contributed by atoms with Crippen LogP contribution in [0.1, 0.15) is 18.1 Å². The van der Waals surface area contributed by atoms with Crippen LogP contribution in [-0.2, 0) is 21.0 Å². The molecule has 0 aliphatic heterocycles. The smallest absolute Gasteiger partial charge is 0.417 e. The molecule has 1 amide bonds. The van der Waals surface area contributed by atoms with Gasteiger partial charge in [0.1, 0.15) is 18.5 Å². The van der Waals surface area contributed by atoms with Gasteiger partial charge in [0.15, 0.2) is 0 Å². The van der Waals surface area contributed by atoms with Crippen molar-refractivity contribution in [1.29, 1.82) is 0 Å². The quantitative estimate of drug-likeness (QED) is 0.533. The van der Waals surface area contributed by atoms with Gasteiger partial charge in [-0.05, 0) is 43.7 Å². The Labute approximate surface area is 178 Å². The number of aliphatic hydroxyl groups is 1. The van der Waals surface area contributed by atoms with Gasteiger partial charge in [-0.25, -0.2) is 8.42 Å². The number of hydrogen-bond acceptors (Lipinski definition) is 5. The maximum Gasteiger partial charge on any atom is 0.417 e. The van der Waals surface area contributed by atoms with Crippen LogP contribution in [0.4, 0.5) is 13.2 Å². The lowest BCUT2D eigenvalue weighted by molar-refractivity contribution is -0.139. The number of hydrogen-bond donors (Lipinski definition) is 3. The van der Waals surface area contributed by atoms with Crippen molar-refractivity contribution in [1.82, 2.24) is 10.0 Å². The Kier molecular flexibility index (Phi) is 8.04. The molecule has 2 aromatic carbocycles. The maximum atomic E-state index is 13.1. The van der Waals surface area contributed by atoms with Crippen molar-refractivity contribution in [2.24, 2.45) is 0 Å². The van der Waals surface area contributed by atoms with Crippen molar-refractivity contribution in [2.45, 2.75) is 37.1 Å². The third kappa shape index (κ3) is 7.23. The molecule has 0 aromatic heterocycles. The molecule has 3 N–H and O–H groups in total. The predicted octanol–water partition coefficient (Wildman–Crippen LogP) is 2.24. The van der Waals surface area contributed by atoms with Gasteiger partial charge in [0.25, 0.3) is 0 Å². The Morgan fingerprint density at radius 2 is 1.84 bits per heavy atom. The van der Waals surface area contributed by atoms with Crippen LogP contribution in [0, 0.1) is 6.92 Å². The first-order chi connectivity index (χ1) is 14.4. The Bertz CT molecular complexity index is 1010. The highest BCUT2D eigenvalue weighted by Crippen LogP contribution is 2.33. The lowest BCUT2D eigenvalue weighted by atomic mass is 10.2. The topological polar surface area (TPSA) is 105 Å². The summed E-state index contributed by atoms with van der Waals surface area (Å²) in [4.78, 5) is 11.2. The minimum atomic E-state index is -4.88. The first-order valence-corrected chi connectivity index (χ1v) is 10.7. The Hall–Kier alpha value is -2.63. The molecular formula is C20H23F3N2O5S. The van der Waals surface area contributed by atoms with E-state index in [-0.39, 0.29) is 13.2 Å². The van der Waals surface area contributed by atoms with Gasteiger partial charge in [-0.3, -0.25) is 4.79 Å². The summed E-state index contributed by atoms with van der Waals surface area (Å²) < 4.78 is 71.4. The van der Waals surface area contributed by atoms with E-state index in [9.17, 15) is 31.5 Å². The van der Waals surface area contributed by atoms with Gasteiger partial charge in [0.2, 0.25) is 15.9 Å². The highest BCUT2D eigenvalue weighted by molar-refractivity contribution is 7.89. The average molecular weight is 460 g/mol. The second-order valence-corrected chi connectivity index (χ2v) is 8.55. The number of aliphatic hydroxyl groups excluding tert-OH is 1. The van der Waals surface area contributed by atoms with E-state index in [2.05, 4.69) is 5.32 Å². The van der Waals surface area contributed by atoms with Gasteiger partial charge in [-0.15, -0.1) is 0 Å². The highest BCUT2D eigenvalue weighted by Gasteiger charge is 2.37. The fraction of sp³-hybridized carbons (Fsp3) is 0.350. The normalized spacial score (nSPS) is 14.0. The van der Waals surface area contributed by atoms with E-state index in [4.69, 9.17) is 4.74 Å². The molecule has 7 nitrogen and oxygen atoms in total. The third-order valence-electron chi connectivity index (χ3n) is 4.15. The molecule has 1 unspecified atom stereocenters. The zero-order valence-corrected chi connectivity index (χ0v) is 17.6. The summed E-state index contributed by atoms with van der Waals surface area (Å²) in [5, 5.41) is 12.3. The molecule has 0 saturated heterocycles. The maximum absolute atomic E-state index is 13.1. The van der Waals surface area contributed by atoms with Gasteiger partial charge >= 0.3 is 6.18 Å². The second-order valence-electron chi connectivity index (χ2n) is 6.86. The molecule has 2 atom stereocenters. The van der Waals surface area contributed by atoms with E-state index in [1.165, 1.54) is 6.92 Å². The van der Waals surface area contributed by atoms with Crippen molar-refractivity contribution < 1.29 is 36.2 Å². The van der Waals surface area contributed by atoms with Crippen molar-refractivity contribution in [3.05, 3.63) is 59.7 Å². The summed E-state index contributed by atoms with van der Waals surface area (Å²) in [5.41, 5.74) is -0.368. The van der Waals surface area contributed by atoms with Crippen molar-refractivity contribution in [3.8, 4) is 5.75 Å². The number of carbonyl (C=O) groups is 1. The molecule has 0 radical (unpaired) electrons. The molecule has 0 spiro atoms. The van der Waals surface area contributed by atoms with Crippen LogP contribution >= 0.6 is 0 Å². The Morgan fingerprint density at radius 1 is 1.16 bits per heavy atom. The Balaban J connectivity index is 1.92. The zero-order valence-electron chi connectivity index (χ0n) is 16.8. The van der Waals surface area contributed by atoms with Crippen molar-refractivity contribution in [2.75, 3.05) is 13.2 Å². The van der Waals surface area contributed by atoms with Crippen molar-refractivity contribution in [3.63, 3.8) is 0 Å². The predicted molar refractivity (Wildman–Crippen MR) is 107 cm³/mol. The van der Waals surface area contributed by atoms with Gasteiger partial charge < -0.3 is 15.2 Å². The zero-order chi connectivity index (χ0) is 23.2. The molecule has 2 aromatic rings. The molecule has 31 heavy (non-hydrogen) atoms. The summed E-state index contributed by atoms with van der Waals surface area (Å²) in [7, 11) is -4.63. The molecule has 0 aliphatic carbocycles. The molecular weight excluding hydrogens is 437 g/mol. The van der Waals surface area contributed by atoms with Crippen LogP contribution in [0.25, 0.3) is 0 Å². The Morgan fingerprint density at radius 3 is 2.48 bits per heavy atom. The van der Waals surface area contributed by atoms with E-state index in [1.807, 2.05) is 17.7 Å². The van der Waals surface area contributed by atoms with Crippen LogP contribution in [0.2, 0.25) is 0 Å². The number of nitrogens with one attached hydrogen (secondary N) is 2. The fourth-order valence-electron chi connectivity index (χ4n) is 2.61. The number of ether oxygens (including phenoxy) is 1. The van der Waals surface area contributed by atoms with Gasteiger partial charge in [-0.2, -0.15) is 17.9 Å². The lowest BCUT2D eigenvalue weighted by Crippen LogP contribution is -2.47. The number of halogens is 3. The van der Waals surface area contributed by atoms with Gasteiger partial charge in [0, 0.05) is 6.54 Å². The number of alkyl halides is 3. The first kappa shape index (κ1) is 24.6. The van der Waals surface area contributed by atoms with Crippen molar-refractivity contribution >= 4 is 15.9 Å². The highest BCUT2D eigenvalue weighted by atomic mass is 32.2. The van der Waals surface area contributed by atoms with E-state index >= 15 is 0 Å². The number of rotatable bonds is 9. The number of aryl methyl sites for hydroxylation is 1. The molecule has 0 fully saturated rings. The average Bonchev–Trinajstić information content (AvgIpc) is 2.69. The lowest BCUT2D eigenvalue weighted by Gasteiger charge is -2.18. The fourth-order valence-corrected chi connectivity index (χ4v) is 4.04.